The van der Waals surface area contributed by atoms with Crippen LogP contribution in [0.15, 0.2) is 78.4 Å². The average molecular weight is 449 g/mol. The highest BCUT2D eigenvalue weighted by atomic mass is 35.5. The van der Waals surface area contributed by atoms with Gasteiger partial charge in [-0.3, -0.25) is 14.9 Å². The average Bonchev–Trinajstić information content (AvgIpc) is 2.78. The van der Waals surface area contributed by atoms with Gasteiger partial charge in [0.1, 0.15) is 23.7 Å². The van der Waals surface area contributed by atoms with Crippen molar-refractivity contribution in [1.29, 1.82) is 0 Å². The van der Waals surface area contributed by atoms with E-state index in [1.165, 1.54) is 30.3 Å². The van der Waals surface area contributed by atoms with Crippen molar-refractivity contribution in [2.45, 2.75) is 6.61 Å². The van der Waals surface area contributed by atoms with Gasteiger partial charge in [0.25, 0.3) is 11.8 Å². The second-order valence-corrected chi connectivity index (χ2v) is 7.30. The zero-order valence-electron chi connectivity index (χ0n) is 16.6. The van der Waals surface area contributed by atoms with Gasteiger partial charge in [0.2, 0.25) is 0 Å². The molecule has 0 unspecified atom stereocenters. The molecule has 1 saturated heterocycles. The van der Waals surface area contributed by atoms with Gasteiger partial charge in [-0.2, -0.15) is 0 Å². The van der Waals surface area contributed by atoms with E-state index >= 15 is 0 Å². The lowest BCUT2D eigenvalue weighted by atomic mass is 10.1. The summed E-state index contributed by atoms with van der Waals surface area (Å²) in [6.45, 7) is 0.193. The number of para-hydroxylation sites is 1. The van der Waals surface area contributed by atoms with Crippen LogP contribution in [0.1, 0.15) is 11.1 Å². The number of barbiturate groups is 1. The molecule has 1 heterocycles. The number of amides is 4. The molecule has 160 valence electrons. The van der Waals surface area contributed by atoms with Crippen molar-refractivity contribution in [1.82, 2.24) is 5.32 Å². The van der Waals surface area contributed by atoms with Crippen LogP contribution in [0.3, 0.4) is 0 Å². The van der Waals surface area contributed by atoms with Gasteiger partial charge in [-0.25, -0.2) is 9.69 Å². The lowest BCUT2D eigenvalue weighted by Crippen LogP contribution is -2.54. The van der Waals surface area contributed by atoms with E-state index in [4.69, 9.17) is 16.3 Å². The number of nitrogens with one attached hydrogen (secondary N) is 1. The van der Waals surface area contributed by atoms with Crippen LogP contribution in [0, 0.1) is 0 Å². The number of rotatable bonds is 5. The number of phenolic OH excluding ortho intramolecular Hbond substituents is 1. The van der Waals surface area contributed by atoms with E-state index in [9.17, 15) is 19.5 Å². The summed E-state index contributed by atoms with van der Waals surface area (Å²) in [5.74, 6) is -1.18. The number of nitrogens with zero attached hydrogens (tertiary/aromatic N) is 1. The van der Waals surface area contributed by atoms with E-state index in [1.54, 1.807) is 30.3 Å². The first-order chi connectivity index (χ1) is 15.4. The van der Waals surface area contributed by atoms with Crippen molar-refractivity contribution < 1.29 is 24.2 Å². The van der Waals surface area contributed by atoms with Crippen LogP contribution >= 0.6 is 11.6 Å². The van der Waals surface area contributed by atoms with Crippen molar-refractivity contribution in [3.8, 4) is 11.5 Å². The normalized spacial score (nSPS) is 15.1. The number of carbonyl (C=O) groups excluding carboxylic acids is 3. The van der Waals surface area contributed by atoms with Crippen molar-refractivity contribution in [2.75, 3.05) is 4.90 Å². The van der Waals surface area contributed by atoms with Gasteiger partial charge >= 0.3 is 6.03 Å². The number of hydrogen-bond donors (Lipinski definition) is 2. The molecule has 0 radical (unpaired) electrons. The topological polar surface area (TPSA) is 95.9 Å². The Morgan fingerprint density at radius 2 is 1.62 bits per heavy atom. The SMILES string of the molecule is O=C1NC(=O)N(c2ccc(O)cc2)C(=O)/C1=C\c1ccccc1OCc1ccccc1Cl. The van der Waals surface area contributed by atoms with Crippen LogP contribution in [0.5, 0.6) is 11.5 Å². The third-order valence-corrected chi connectivity index (χ3v) is 5.14. The zero-order valence-corrected chi connectivity index (χ0v) is 17.4. The van der Waals surface area contributed by atoms with E-state index in [0.29, 0.717) is 16.3 Å². The molecule has 32 heavy (non-hydrogen) atoms. The summed E-state index contributed by atoms with van der Waals surface area (Å²) in [6, 6.07) is 18.8. The minimum absolute atomic E-state index is 0.0185. The predicted octanol–water partition coefficient (Wildman–Crippen LogP) is 4.29. The monoisotopic (exact) mass is 448 g/mol. The largest absolute Gasteiger partial charge is 0.508 e. The molecule has 1 aliphatic heterocycles. The molecular formula is C24H17ClN2O5. The number of urea groups is 1. The standard InChI is InChI=1S/C24H17ClN2O5/c25-20-7-3-1-6-16(20)14-32-21-8-4-2-5-15(21)13-19-22(29)26-24(31)27(23(19)30)17-9-11-18(28)12-10-17/h1-13,28H,14H2,(H,26,29,31)/b19-13-. The zero-order chi connectivity index (χ0) is 22.7. The van der Waals surface area contributed by atoms with Crippen LogP contribution in [-0.2, 0) is 16.2 Å². The third-order valence-electron chi connectivity index (χ3n) is 4.77. The maximum Gasteiger partial charge on any atom is 0.335 e. The Bertz CT molecular complexity index is 1240. The molecular weight excluding hydrogens is 432 g/mol. The quantitative estimate of drug-likeness (QED) is 0.448. The number of carbonyl (C=O) groups is 3. The molecule has 1 aliphatic rings. The first-order valence-electron chi connectivity index (χ1n) is 9.60. The van der Waals surface area contributed by atoms with Crippen LogP contribution < -0.4 is 15.0 Å². The maximum atomic E-state index is 13.0. The molecule has 3 aromatic carbocycles. The van der Waals surface area contributed by atoms with Crippen molar-refractivity contribution in [2.24, 2.45) is 0 Å². The summed E-state index contributed by atoms with van der Waals surface area (Å²) in [4.78, 5) is 38.6. The maximum absolute atomic E-state index is 13.0. The second-order valence-electron chi connectivity index (χ2n) is 6.89. The van der Waals surface area contributed by atoms with Gasteiger partial charge in [-0.05, 0) is 42.5 Å². The first kappa shape index (κ1) is 21.1. The Balaban J connectivity index is 1.64. The molecule has 0 saturated carbocycles. The van der Waals surface area contributed by atoms with Gasteiger partial charge in [0.15, 0.2) is 0 Å². The highest BCUT2D eigenvalue weighted by molar-refractivity contribution is 6.39. The third kappa shape index (κ3) is 4.33. The predicted molar refractivity (Wildman–Crippen MR) is 119 cm³/mol. The molecule has 3 aromatic rings. The van der Waals surface area contributed by atoms with Crippen molar-refractivity contribution >= 4 is 41.2 Å². The number of ether oxygens (including phenoxy) is 1. The Morgan fingerprint density at radius 1 is 0.938 bits per heavy atom. The van der Waals surface area contributed by atoms with Gasteiger partial charge in [-0.15, -0.1) is 0 Å². The molecule has 1 fully saturated rings. The summed E-state index contributed by atoms with van der Waals surface area (Å²) in [5, 5.41) is 12.2. The van der Waals surface area contributed by atoms with Crippen LogP contribution in [0.25, 0.3) is 6.08 Å². The molecule has 0 aromatic heterocycles. The summed E-state index contributed by atoms with van der Waals surface area (Å²) < 4.78 is 5.88. The second kappa shape index (κ2) is 8.95. The van der Waals surface area contributed by atoms with Gasteiger partial charge < -0.3 is 9.84 Å². The lowest BCUT2D eigenvalue weighted by Gasteiger charge is -2.26. The van der Waals surface area contributed by atoms with Crippen molar-refractivity contribution in [3.63, 3.8) is 0 Å². The van der Waals surface area contributed by atoms with Crippen LogP contribution in [0.4, 0.5) is 10.5 Å². The molecule has 2 N–H and O–H groups in total. The number of hydrogen-bond acceptors (Lipinski definition) is 5. The Labute approximate surface area is 188 Å². The minimum atomic E-state index is -0.869. The molecule has 7 nitrogen and oxygen atoms in total. The fraction of sp³-hybridized carbons (Fsp3) is 0.0417. The summed E-state index contributed by atoms with van der Waals surface area (Å²) in [6.07, 6.45) is 1.37. The van der Waals surface area contributed by atoms with Crippen LogP contribution in [-0.4, -0.2) is 23.0 Å². The molecule has 8 heteroatoms. The molecule has 0 bridgehead atoms. The Hall–Kier alpha value is -4.10. The molecule has 0 atom stereocenters. The Morgan fingerprint density at radius 3 is 2.38 bits per heavy atom. The number of halogens is 1. The van der Waals surface area contributed by atoms with Gasteiger partial charge in [0, 0.05) is 16.1 Å². The highest BCUT2D eigenvalue weighted by Crippen LogP contribution is 2.27. The Kier molecular flexibility index (Phi) is 5.91. The number of anilines is 1. The summed E-state index contributed by atoms with van der Waals surface area (Å²) >= 11 is 6.18. The fourth-order valence-corrected chi connectivity index (χ4v) is 3.34. The lowest BCUT2D eigenvalue weighted by molar-refractivity contribution is -0.122. The number of aromatic hydroxyl groups is 1. The summed E-state index contributed by atoms with van der Waals surface area (Å²) in [5.41, 5.74) is 1.25. The molecule has 0 aliphatic carbocycles. The van der Waals surface area contributed by atoms with E-state index in [-0.39, 0.29) is 23.6 Å². The summed E-state index contributed by atoms with van der Waals surface area (Å²) in [7, 11) is 0. The van der Waals surface area contributed by atoms with E-state index in [1.807, 2.05) is 18.2 Å². The van der Waals surface area contributed by atoms with E-state index < -0.39 is 17.8 Å². The van der Waals surface area contributed by atoms with Gasteiger partial charge in [-0.1, -0.05) is 48.0 Å². The molecule has 0 spiro atoms. The van der Waals surface area contributed by atoms with Crippen molar-refractivity contribution in [3.05, 3.63) is 94.5 Å². The van der Waals surface area contributed by atoms with Gasteiger partial charge in [0.05, 0.1) is 5.69 Å². The smallest absolute Gasteiger partial charge is 0.335 e. The van der Waals surface area contributed by atoms with E-state index in [0.717, 1.165) is 10.5 Å². The highest BCUT2D eigenvalue weighted by Gasteiger charge is 2.37. The minimum Gasteiger partial charge on any atom is -0.508 e. The van der Waals surface area contributed by atoms with Crippen LogP contribution in [0.2, 0.25) is 5.02 Å². The fourth-order valence-electron chi connectivity index (χ4n) is 3.15. The molecule has 4 amide bonds. The number of benzene rings is 3. The molecule has 4 rings (SSSR count). The first-order valence-corrected chi connectivity index (χ1v) is 9.97. The number of phenols is 1. The van der Waals surface area contributed by atoms with E-state index in [2.05, 4.69) is 5.32 Å². The number of imide groups is 2.